The molecule has 2 bridgehead atoms. The van der Waals surface area contributed by atoms with E-state index in [1.54, 1.807) is 12.4 Å². The van der Waals surface area contributed by atoms with Crippen molar-refractivity contribution < 1.29 is 13.2 Å². The molecule has 3 N–H and O–H groups in total. The predicted octanol–water partition coefficient (Wildman–Crippen LogP) is 3.43. The van der Waals surface area contributed by atoms with Gasteiger partial charge in [-0.15, -0.1) is 0 Å². The second kappa shape index (κ2) is 9.92. The van der Waals surface area contributed by atoms with E-state index in [0.717, 1.165) is 54.6 Å². The molecule has 0 unspecified atom stereocenters. The fourth-order valence-electron chi connectivity index (χ4n) is 7.05. The van der Waals surface area contributed by atoms with Gasteiger partial charge >= 0.3 is 0 Å². The number of hydrogen-bond acceptors (Lipinski definition) is 8. The van der Waals surface area contributed by atoms with Crippen molar-refractivity contribution in [2.75, 3.05) is 18.5 Å². The van der Waals surface area contributed by atoms with Crippen LogP contribution in [0.25, 0.3) is 28.0 Å². The summed E-state index contributed by atoms with van der Waals surface area (Å²) >= 11 is 0. The largest absolute Gasteiger partial charge is 0.382 e. The Kier molecular flexibility index (Phi) is 6.31. The van der Waals surface area contributed by atoms with E-state index in [1.807, 2.05) is 42.5 Å². The third-order valence-corrected chi connectivity index (χ3v) is 10.1. The summed E-state index contributed by atoms with van der Waals surface area (Å²) in [6.45, 7) is 0.876. The number of piperidine rings is 1. The number of aromatic nitrogens is 4. The topological polar surface area (TPSA) is 136 Å². The highest BCUT2D eigenvalue weighted by Gasteiger charge is 2.47. The SMILES string of the molecule is CS(=O)(=O)c1c([C@H]2C[C@H]3CC[C@@H](C2)N3C(=O)[C@@H]2CCCN2)nc2c(-c3ccc(-c4ccccc4)nc3)cnn2c1N. The number of anilines is 1. The first-order valence-electron chi connectivity index (χ1n) is 14.2. The second-order valence-corrected chi connectivity index (χ2v) is 13.5. The molecule has 1 aromatic carbocycles. The molecule has 1 amide bonds. The van der Waals surface area contributed by atoms with Crippen LogP contribution in [0.15, 0.2) is 59.8 Å². The van der Waals surface area contributed by atoms with Crippen LogP contribution in [0.4, 0.5) is 5.82 Å². The number of nitrogens with zero attached hydrogens (tertiary/aromatic N) is 5. The van der Waals surface area contributed by atoms with Gasteiger partial charge in [-0.2, -0.15) is 9.61 Å². The number of fused-ring (bicyclic) bond motifs is 3. The molecule has 10 nitrogen and oxygen atoms in total. The van der Waals surface area contributed by atoms with Crippen LogP contribution >= 0.6 is 0 Å². The number of sulfone groups is 1. The summed E-state index contributed by atoms with van der Waals surface area (Å²) in [6.07, 6.45) is 9.67. The Hall–Kier alpha value is -3.83. The van der Waals surface area contributed by atoms with Crippen LogP contribution in [0.5, 0.6) is 0 Å². The van der Waals surface area contributed by atoms with Gasteiger partial charge in [-0.3, -0.25) is 9.78 Å². The molecule has 11 heteroatoms. The van der Waals surface area contributed by atoms with Crippen molar-refractivity contribution in [2.24, 2.45) is 0 Å². The summed E-state index contributed by atoms with van der Waals surface area (Å²) in [4.78, 5) is 25.1. The van der Waals surface area contributed by atoms with Gasteiger partial charge in [0, 0.05) is 47.1 Å². The Bertz CT molecular complexity index is 1720. The van der Waals surface area contributed by atoms with Crippen molar-refractivity contribution in [2.45, 2.75) is 67.5 Å². The van der Waals surface area contributed by atoms with E-state index in [2.05, 4.69) is 20.3 Å². The van der Waals surface area contributed by atoms with Crippen LogP contribution in [-0.2, 0) is 14.6 Å². The van der Waals surface area contributed by atoms with Crippen molar-refractivity contribution >= 4 is 27.2 Å². The number of pyridine rings is 1. The maximum absolute atomic E-state index is 13.4. The number of hydrogen-bond donors (Lipinski definition) is 2. The average Bonchev–Trinajstić information content (AvgIpc) is 3.71. The van der Waals surface area contributed by atoms with Crippen LogP contribution in [0.1, 0.15) is 50.1 Å². The van der Waals surface area contributed by atoms with Crippen LogP contribution in [0.3, 0.4) is 0 Å². The first kappa shape index (κ1) is 26.1. The zero-order valence-corrected chi connectivity index (χ0v) is 23.7. The van der Waals surface area contributed by atoms with Gasteiger partial charge in [-0.25, -0.2) is 13.4 Å². The molecule has 0 spiro atoms. The third-order valence-electron chi connectivity index (χ3n) is 8.91. The van der Waals surface area contributed by atoms with Crippen molar-refractivity contribution in [1.82, 2.24) is 29.8 Å². The number of carbonyl (C=O) groups excluding carboxylic acids is 1. The van der Waals surface area contributed by atoms with Crippen LogP contribution in [0.2, 0.25) is 0 Å². The van der Waals surface area contributed by atoms with Gasteiger partial charge in [0.05, 0.1) is 23.6 Å². The van der Waals surface area contributed by atoms with E-state index in [4.69, 9.17) is 10.7 Å². The van der Waals surface area contributed by atoms with Crippen molar-refractivity contribution in [1.29, 1.82) is 0 Å². The highest BCUT2D eigenvalue weighted by Crippen LogP contribution is 2.45. The molecule has 4 aromatic rings. The quantitative estimate of drug-likeness (QED) is 0.372. The van der Waals surface area contributed by atoms with Gasteiger partial charge in [0.15, 0.2) is 15.5 Å². The lowest BCUT2D eigenvalue weighted by Gasteiger charge is -2.40. The van der Waals surface area contributed by atoms with E-state index in [-0.39, 0.29) is 40.7 Å². The molecule has 7 rings (SSSR count). The minimum atomic E-state index is -3.71. The van der Waals surface area contributed by atoms with E-state index in [1.165, 1.54) is 10.8 Å². The normalized spacial score (nSPS) is 24.3. The number of benzene rings is 1. The number of nitrogens with two attached hydrogens (primary N) is 1. The molecule has 3 fully saturated rings. The number of nitrogen functional groups attached to an aromatic ring is 1. The molecule has 6 heterocycles. The highest BCUT2D eigenvalue weighted by atomic mass is 32.2. The number of rotatable bonds is 5. The molecule has 41 heavy (non-hydrogen) atoms. The second-order valence-electron chi connectivity index (χ2n) is 11.5. The Morgan fingerprint density at radius 2 is 1.76 bits per heavy atom. The summed E-state index contributed by atoms with van der Waals surface area (Å²) in [5.41, 5.74) is 10.9. The minimum absolute atomic E-state index is 0.0406. The Balaban J connectivity index is 1.27. The Morgan fingerprint density at radius 3 is 2.39 bits per heavy atom. The van der Waals surface area contributed by atoms with Crippen LogP contribution < -0.4 is 11.1 Å². The van der Waals surface area contributed by atoms with Crippen molar-refractivity contribution in [3.8, 4) is 22.4 Å². The van der Waals surface area contributed by atoms with Gasteiger partial charge in [-0.05, 0) is 51.1 Å². The number of carbonyl (C=O) groups is 1. The van der Waals surface area contributed by atoms with E-state index in [9.17, 15) is 13.2 Å². The zero-order valence-electron chi connectivity index (χ0n) is 22.9. The monoisotopic (exact) mass is 571 g/mol. The predicted molar refractivity (Wildman–Crippen MR) is 156 cm³/mol. The fourth-order valence-corrected chi connectivity index (χ4v) is 8.11. The van der Waals surface area contributed by atoms with Crippen molar-refractivity contribution in [3.05, 3.63) is 60.6 Å². The summed E-state index contributed by atoms with van der Waals surface area (Å²) in [5.74, 6) is 0.115. The molecular formula is C30H33N7O3S. The van der Waals surface area contributed by atoms with Crippen LogP contribution in [-0.4, -0.2) is 69.7 Å². The lowest BCUT2D eigenvalue weighted by atomic mass is 9.87. The number of amides is 1. The van der Waals surface area contributed by atoms with E-state index < -0.39 is 9.84 Å². The molecule has 3 aromatic heterocycles. The maximum atomic E-state index is 13.4. The minimum Gasteiger partial charge on any atom is -0.382 e. The molecule has 0 saturated carbocycles. The molecule has 0 aliphatic carbocycles. The average molecular weight is 572 g/mol. The molecule has 3 aliphatic rings. The van der Waals surface area contributed by atoms with Gasteiger partial charge in [0.2, 0.25) is 5.91 Å². The first-order valence-corrected chi connectivity index (χ1v) is 16.1. The lowest BCUT2D eigenvalue weighted by Crippen LogP contribution is -2.52. The van der Waals surface area contributed by atoms with E-state index >= 15 is 0 Å². The summed E-state index contributed by atoms with van der Waals surface area (Å²) in [6, 6.07) is 13.9. The lowest BCUT2D eigenvalue weighted by molar-refractivity contribution is -0.137. The Morgan fingerprint density at radius 1 is 1.00 bits per heavy atom. The summed E-state index contributed by atoms with van der Waals surface area (Å²) < 4.78 is 27.6. The molecule has 4 atom stereocenters. The van der Waals surface area contributed by atoms with Gasteiger partial charge in [0.1, 0.15) is 10.7 Å². The molecule has 3 saturated heterocycles. The zero-order chi connectivity index (χ0) is 28.3. The third kappa shape index (κ3) is 4.47. The summed E-state index contributed by atoms with van der Waals surface area (Å²) in [7, 11) is -3.71. The maximum Gasteiger partial charge on any atom is 0.240 e. The first-order chi connectivity index (χ1) is 19.8. The molecular weight excluding hydrogens is 538 g/mol. The highest BCUT2D eigenvalue weighted by molar-refractivity contribution is 7.91. The standard InChI is InChI=1S/C30H33N7O3S/c1-41(39,40)27-26(20-14-21-10-11-22(15-20)36(21)30(38)25-8-5-13-32-25)35-29-23(17-34-37(29)28(27)31)19-9-12-24(33-16-19)18-6-3-2-4-7-18/h2-4,6-7,9,12,16-17,20-22,25,32H,5,8,10-11,13-15,31H2,1H3/t20-,21+,22-,25-/m0/s1. The Labute approximate surface area is 238 Å². The summed E-state index contributed by atoms with van der Waals surface area (Å²) in [5, 5.41) is 7.77. The smallest absolute Gasteiger partial charge is 0.240 e. The number of nitrogens with one attached hydrogen (secondary N) is 1. The van der Waals surface area contributed by atoms with Gasteiger partial charge < -0.3 is 16.0 Å². The van der Waals surface area contributed by atoms with Crippen LogP contribution in [0, 0.1) is 0 Å². The molecule has 0 radical (unpaired) electrons. The molecule has 212 valence electrons. The fraction of sp³-hybridized carbons (Fsp3) is 0.400. The van der Waals surface area contributed by atoms with Gasteiger partial charge in [0.25, 0.3) is 0 Å². The molecule has 3 aliphatic heterocycles. The van der Waals surface area contributed by atoms with E-state index in [0.29, 0.717) is 24.2 Å². The van der Waals surface area contributed by atoms with Gasteiger partial charge in [-0.1, -0.05) is 36.4 Å². The van der Waals surface area contributed by atoms with Crippen molar-refractivity contribution in [3.63, 3.8) is 0 Å².